The molecule has 0 aliphatic rings. The zero-order valence-electron chi connectivity index (χ0n) is 11.8. The minimum Gasteiger partial charge on any atom is -0.497 e. The third kappa shape index (κ3) is 4.31. The van der Waals surface area contributed by atoms with E-state index >= 15 is 0 Å². The number of rotatable bonds is 6. The van der Waals surface area contributed by atoms with Gasteiger partial charge in [-0.25, -0.2) is 0 Å². The average Bonchev–Trinajstić information content (AvgIpc) is 2.42. The summed E-state index contributed by atoms with van der Waals surface area (Å²) in [6.45, 7) is 2.52. The Balaban J connectivity index is 2.86. The van der Waals surface area contributed by atoms with Crippen LogP contribution in [0, 0.1) is 0 Å². The van der Waals surface area contributed by atoms with Gasteiger partial charge >= 0.3 is 0 Å². The van der Waals surface area contributed by atoms with E-state index in [-0.39, 0.29) is 11.3 Å². The van der Waals surface area contributed by atoms with Crippen LogP contribution >= 0.6 is 11.6 Å². The smallest absolute Gasteiger partial charge is 0.257 e. The third-order valence-corrected chi connectivity index (χ3v) is 3.07. The van der Waals surface area contributed by atoms with Gasteiger partial charge in [0.15, 0.2) is 0 Å². The van der Waals surface area contributed by atoms with Crippen LogP contribution in [-0.4, -0.2) is 44.0 Å². The summed E-state index contributed by atoms with van der Waals surface area (Å²) in [5, 5.41) is 0.0491. The Kier molecular flexibility index (Phi) is 5.96. The van der Waals surface area contributed by atoms with Gasteiger partial charge in [0.25, 0.3) is 5.91 Å². The predicted molar refractivity (Wildman–Crippen MR) is 76.4 cm³/mol. The van der Waals surface area contributed by atoms with Crippen LogP contribution in [0.2, 0.25) is 0 Å². The molecule has 0 saturated heterocycles. The quantitative estimate of drug-likeness (QED) is 0.755. The Hall–Kier alpha value is -1.42. The van der Waals surface area contributed by atoms with Crippen LogP contribution in [0.4, 0.5) is 0 Å². The molecule has 0 aliphatic heterocycles. The first-order chi connectivity index (χ1) is 8.99. The molecule has 0 N–H and O–H groups in total. The Labute approximate surface area is 119 Å². The van der Waals surface area contributed by atoms with Crippen molar-refractivity contribution >= 4 is 17.5 Å². The number of hydrogen-bond acceptors (Lipinski definition) is 3. The number of hydrogen-bond donors (Lipinski definition) is 0. The van der Waals surface area contributed by atoms with E-state index in [1.54, 1.807) is 37.3 Å². The van der Waals surface area contributed by atoms with Gasteiger partial charge in [-0.15, -0.1) is 11.6 Å². The molecule has 19 heavy (non-hydrogen) atoms. The van der Waals surface area contributed by atoms with Gasteiger partial charge in [-0.2, -0.15) is 0 Å². The van der Waals surface area contributed by atoms with Gasteiger partial charge in [0.05, 0.1) is 19.8 Å². The molecule has 0 bridgehead atoms. The van der Waals surface area contributed by atoms with Crippen LogP contribution in [0.5, 0.6) is 11.5 Å². The van der Waals surface area contributed by atoms with Crippen LogP contribution in [0.15, 0.2) is 18.2 Å². The zero-order chi connectivity index (χ0) is 14.4. The Bertz CT molecular complexity index is 435. The Morgan fingerprint density at radius 1 is 1.37 bits per heavy atom. The number of ether oxygens (including phenoxy) is 2. The molecule has 1 amide bonds. The van der Waals surface area contributed by atoms with Gasteiger partial charge in [-0.05, 0) is 25.5 Å². The number of methoxy groups -OCH3 is 2. The molecular weight excluding hydrogens is 266 g/mol. The molecule has 0 aliphatic carbocycles. The highest BCUT2D eigenvalue weighted by Gasteiger charge is 2.17. The lowest BCUT2D eigenvalue weighted by Gasteiger charge is -2.19. The molecule has 1 atom stereocenters. The topological polar surface area (TPSA) is 38.8 Å². The molecule has 1 rings (SSSR count). The van der Waals surface area contributed by atoms with E-state index in [4.69, 9.17) is 21.1 Å². The lowest BCUT2D eigenvalue weighted by Crippen LogP contribution is -2.29. The summed E-state index contributed by atoms with van der Waals surface area (Å²) in [4.78, 5) is 13.9. The SMILES string of the molecule is COc1ccc(C(=O)N(C)CCC(C)Cl)c(OC)c1. The monoisotopic (exact) mass is 285 g/mol. The molecule has 0 heterocycles. The molecule has 106 valence electrons. The van der Waals surface area contributed by atoms with E-state index in [1.807, 2.05) is 6.92 Å². The standard InChI is InChI=1S/C14H20ClNO3/c1-10(15)7-8-16(2)14(17)12-6-5-11(18-3)9-13(12)19-4/h5-6,9-10H,7-8H2,1-4H3. The van der Waals surface area contributed by atoms with Gasteiger partial charge in [0.2, 0.25) is 0 Å². The van der Waals surface area contributed by atoms with E-state index in [2.05, 4.69) is 0 Å². The fourth-order valence-corrected chi connectivity index (χ4v) is 1.75. The first-order valence-corrected chi connectivity index (χ1v) is 6.54. The van der Waals surface area contributed by atoms with Crippen molar-refractivity contribution in [2.24, 2.45) is 0 Å². The summed E-state index contributed by atoms with van der Waals surface area (Å²) < 4.78 is 10.3. The van der Waals surface area contributed by atoms with Gasteiger partial charge < -0.3 is 14.4 Å². The van der Waals surface area contributed by atoms with Crippen LogP contribution in [0.1, 0.15) is 23.7 Å². The second-order valence-corrected chi connectivity index (χ2v) is 5.11. The van der Waals surface area contributed by atoms with Crippen molar-refractivity contribution in [1.29, 1.82) is 0 Å². The molecule has 0 fully saturated rings. The Morgan fingerprint density at radius 2 is 2.05 bits per heavy atom. The Morgan fingerprint density at radius 3 is 2.58 bits per heavy atom. The van der Waals surface area contributed by atoms with E-state index in [9.17, 15) is 4.79 Å². The van der Waals surface area contributed by atoms with Crippen LogP contribution < -0.4 is 9.47 Å². The maximum Gasteiger partial charge on any atom is 0.257 e. The molecule has 1 aromatic carbocycles. The second-order valence-electron chi connectivity index (χ2n) is 4.36. The number of nitrogens with zero attached hydrogens (tertiary/aromatic N) is 1. The number of carbonyl (C=O) groups excluding carboxylic acids is 1. The van der Waals surface area contributed by atoms with Crippen molar-refractivity contribution in [3.05, 3.63) is 23.8 Å². The van der Waals surface area contributed by atoms with Gasteiger partial charge in [-0.3, -0.25) is 4.79 Å². The summed E-state index contributed by atoms with van der Waals surface area (Å²) in [6.07, 6.45) is 0.752. The van der Waals surface area contributed by atoms with Gasteiger partial charge in [-0.1, -0.05) is 0 Å². The molecule has 5 heteroatoms. The molecule has 0 saturated carbocycles. The fraction of sp³-hybridized carbons (Fsp3) is 0.500. The van der Waals surface area contributed by atoms with Crippen molar-refractivity contribution < 1.29 is 14.3 Å². The van der Waals surface area contributed by atoms with E-state index in [0.717, 1.165) is 6.42 Å². The fourth-order valence-electron chi connectivity index (χ4n) is 1.65. The zero-order valence-corrected chi connectivity index (χ0v) is 12.5. The third-order valence-electron chi connectivity index (χ3n) is 2.85. The summed E-state index contributed by atoms with van der Waals surface area (Å²) >= 11 is 5.89. The molecular formula is C14H20ClNO3. The van der Waals surface area contributed by atoms with Crippen LogP contribution in [0.3, 0.4) is 0 Å². The molecule has 1 unspecified atom stereocenters. The van der Waals surface area contributed by atoms with Crippen molar-refractivity contribution in [3.63, 3.8) is 0 Å². The van der Waals surface area contributed by atoms with Crippen molar-refractivity contribution in [2.45, 2.75) is 18.7 Å². The summed E-state index contributed by atoms with van der Waals surface area (Å²) in [5.41, 5.74) is 0.521. The maximum atomic E-state index is 12.3. The summed E-state index contributed by atoms with van der Waals surface area (Å²) in [5.74, 6) is 1.08. The number of amides is 1. The largest absolute Gasteiger partial charge is 0.497 e. The van der Waals surface area contributed by atoms with Crippen LogP contribution in [0.25, 0.3) is 0 Å². The molecule has 0 aromatic heterocycles. The van der Waals surface area contributed by atoms with Crippen molar-refractivity contribution in [3.8, 4) is 11.5 Å². The molecule has 0 spiro atoms. The van der Waals surface area contributed by atoms with Gasteiger partial charge in [0, 0.05) is 25.0 Å². The highest BCUT2D eigenvalue weighted by molar-refractivity contribution is 6.20. The minimum atomic E-state index is -0.0863. The van der Waals surface area contributed by atoms with E-state index in [0.29, 0.717) is 23.6 Å². The highest BCUT2D eigenvalue weighted by Crippen LogP contribution is 2.25. The highest BCUT2D eigenvalue weighted by atomic mass is 35.5. The number of halogens is 1. The lowest BCUT2D eigenvalue weighted by atomic mass is 10.1. The molecule has 0 radical (unpaired) electrons. The molecule has 4 nitrogen and oxygen atoms in total. The van der Waals surface area contributed by atoms with Gasteiger partial charge in [0.1, 0.15) is 11.5 Å². The van der Waals surface area contributed by atoms with Crippen LogP contribution in [-0.2, 0) is 0 Å². The average molecular weight is 286 g/mol. The first-order valence-electron chi connectivity index (χ1n) is 6.11. The van der Waals surface area contributed by atoms with Crippen molar-refractivity contribution in [2.75, 3.05) is 27.8 Å². The second kappa shape index (κ2) is 7.24. The summed E-state index contributed by atoms with van der Waals surface area (Å²) in [6, 6.07) is 5.15. The summed E-state index contributed by atoms with van der Waals surface area (Å²) in [7, 11) is 4.86. The number of benzene rings is 1. The maximum absolute atomic E-state index is 12.3. The minimum absolute atomic E-state index is 0.0491. The number of carbonyl (C=O) groups is 1. The van der Waals surface area contributed by atoms with Crippen molar-refractivity contribution in [1.82, 2.24) is 4.90 Å². The van der Waals surface area contributed by atoms with E-state index < -0.39 is 0 Å². The first kappa shape index (κ1) is 15.6. The molecule has 1 aromatic rings. The predicted octanol–water partition coefficient (Wildman–Crippen LogP) is 2.79. The lowest BCUT2D eigenvalue weighted by molar-refractivity contribution is 0.0790. The van der Waals surface area contributed by atoms with E-state index in [1.165, 1.54) is 7.11 Å². The normalized spacial score (nSPS) is 11.8. The number of alkyl halides is 1.